The lowest BCUT2D eigenvalue weighted by Gasteiger charge is -1.95. The summed E-state index contributed by atoms with van der Waals surface area (Å²) in [6, 6.07) is 7.19. The molecule has 0 amide bonds. The summed E-state index contributed by atoms with van der Waals surface area (Å²) in [4.78, 5) is 15.0. The van der Waals surface area contributed by atoms with Crippen LogP contribution in [0.2, 0.25) is 0 Å². The van der Waals surface area contributed by atoms with E-state index in [-0.39, 0.29) is 6.54 Å². The summed E-state index contributed by atoms with van der Waals surface area (Å²) in [5.74, 6) is 2.44. The van der Waals surface area contributed by atoms with Gasteiger partial charge in [-0.05, 0) is 18.2 Å². The maximum Gasteiger partial charge on any atom is 0.168 e. The van der Waals surface area contributed by atoms with Gasteiger partial charge in [-0.1, -0.05) is 12.0 Å². The van der Waals surface area contributed by atoms with Crippen LogP contribution in [0.5, 0.6) is 0 Å². The highest BCUT2D eigenvalue weighted by Crippen LogP contribution is 2.15. The molecule has 2 aromatic heterocycles. The van der Waals surface area contributed by atoms with Crippen molar-refractivity contribution in [1.29, 1.82) is 0 Å². The summed E-state index contributed by atoms with van der Waals surface area (Å²) < 4.78 is 1.48. The van der Waals surface area contributed by atoms with Gasteiger partial charge in [0.15, 0.2) is 6.29 Å². The van der Waals surface area contributed by atoms with Crippen LogP contribution in [0.4, 0.5) is 0 Å². The Bertz CT molecular complexity index is 537. The van der Waals surface area contributed by atoms with Gasteiger partial charge in [0.2, 0.25) is 0 Å². The molecule has 0 aliphatic carbocycles. The van der Waals surface area contributed by atoms with Crippen LogP contribution < -0.4 is 0 Å². The van der Waals surface area contributed by atoms with Crippen molar-refractivity contribution in [3.63, 3.8) is 0 Å². The molecule has 0 spiro atoms. The summed E-state index contributed by atoms with van der Waals surface area (Å²) in [5, 5.41) is 4.22. The van der Waals surface area contributed by atoms with Crippen molar-refractivity contribution in [1.82, 2.24) is 14.8 Å². The predicted octanol–water partition coefficient (Wildman–Crippen LogP) is 1.39. The van der Waals surface area contributed by atoms with E-state index in [9.17, 15) is 4.79 Å². The first-order chi connectivity index (χ1) is 7.85. The molecule has 0 aliphatic rings. The zero-order valence-corrected chi connectivity index (χ0v) is 8.50. The number of aldehydes is 1. The van der Waals surface area contributed by atoms with Crippen LogP contribution in [0.1, 0.15) is 10.5 Å². The Labute approximate surface area is 92.9 Å². The molecule has 16 heavy (non-hydrogen) atoms. The molecule has 2 heterocycles. The quantitative estimate of drug-likeness (QED) is 0.569. The van der Waals surface area contributed by atoms with Crippen molar-refractivity contribution < 1.29 is 4.79 Å². The van der Waals surface area contributed by atoms with E-state index in [1.165, 1.54) is 4.68 Å². The molecular formula is C12H9N3O. The number of hydrogen-bond acceptors (Lipinski definition) is 3. The second kappa shape index (κ2) is 4.41. The van der Waals surface area contributed by atoms with Crippen LogP contribution in [0.3, 0.4) is 0 Å². The molecule has 0 unspecified atom stereocenters. The van der Waals surface area contributed by atoms with Crippen LogP contribution in [0.25, 0.3) is 11.4 Å². The minimum absolute atomic E-state index is 0.279. The number of hydrogen-bond donors (Lipinski definition) is 0. The van der Waals surface area contributed by atoms with Gasteiger partial charge < -0.3 is 0 Å². The van der Waals surface area contributed by atoms with Crippen molar-refractivity contribution in [3.05, 3.63) is 36.2 Å². The Morgan fingerprint density at radius 3 is 2.94 bits per heavy atom. The molecule has 0 radical (unpaired) electrons. The lowest BCUT2D eigenvalue weighted by Crippen LogP contribution is -2.02. The summed E-state index contributed by atoms with van der Waals surface area (Å²) >= 11 is 0. The Hall–Kier alpha value is -2.41. The van der Waals surface area contributed by atoms with Gasteiger partial charge in [0.25, 0.3) is 0 Å². The van der Waals surface area contributed by atoms with E-state index < -0.39 is 0 Å². The normalized spacial score (nSPS) is 9.69. The van der Waals surface area contributed by atoms with Gasteiger partial charge in [0.05, 0.1) is 5.69 Å². The molecule has 2 aromatic rings. The summed E-state index contributed by atoms with van der Waals surface area (Å²) in [6.07, 6.45) is 7.60. The number of pyridine rings is 1. The molecule has 0 N–H and O–H groups in total. The molecule has 0 bridgehead atoms. The van der Waals surface area contributed by atoms with Crippen LogP contribution in [-0.4, -0.2) is 21.1 Å². The first-order valence-corrected chi connectivity index (χ1v) is 4.73. The molecule has 4 heteroatoms. The highest BCUT2D eigenvalue weighted by atomic mass is 16.1. The Balaban J connectivity index is 2.45. The second-order valence-electron chi connectivity index (χ2n) is 3.15. The van der Waals surface area contributed by atoms with Gasteiger partial charge in [-0.25, -0.2) is 4.68 Å². The number of terminal acetylenes is 1. The van der Waals surface area contributed by atoms with Crippen molar-refractivity contribution in [2.24, 2.45) is 0 Å². The SMILES string of the molecule is C#CCn1nc(-c2ccccn2)cc1C=O. The van der Waals surface area contributed by atoms with Crippen molar-refractivity contribution in [2.45, 2.75) is 6.54 Å². The predicted molar refractivity (Wildman–Crippen MR) is 59.7 cm³/mol. The molecule has 0 aliphatic heterocycles. The highest BCUT2D eigenvalue weighted by Gasteiger charge is 2.08. The van der Waals surface area contributed by atoms with Gasteiger partial charge in [-0.3, -0.25) is 9.78 Å². The molecule has 78 valence electrons. The van der Waals surface area contributed by atoms with Gasteiger partial charge in [-0.2, -0.15) is 5.10 Å². The second-order valence-corrected chi connectivity index (χ2v) is 3.15. The van der Waals surface area contributed by atoms with Gasteiger partial charge in [0.1, 0.15) is 17.9 Å². The van der Waals surface area contributed by atoms with Crippen LogP contribution in [-0.2, 0) is 6.54 Å². The number of aromatic nitrogens is 3. The van der Waals surface area contributed by atoms with Crippen molar-refractivity contribution >= 4 is 6.29 Å². The lowest BCUT2D eigenvalue weighted by atomic mass is 10.2. The van der Waals surface area contributed by atoms with E-state index in [1.807, 2.05) is 18.2 Å². The van der Waals surface area contributed by atoms with Crippen molar-refractivity contribution in [3.8, 4) is 23.7 Å². The summed E-state index contributed by atoms with van der Waals surface area (Å²) in [6.45, 7) is 0.279. The number of rotatable bonds is 3. The third-order valence-electron chi connectivity index (χ3n) is 2.10. The average Bonchev–Trinajstić information content (AvgIpc) is 2.74. The van der Waals surface area contributed by atoms with Crippen LogP contribution >= 0.6 is 0 Å². The molecule has 0 aromatic carbocycles. The minimum atomic E-state index is 0.279. The van der Waals surface area contributed by atoms with E-state index in [2.05, 4.69) is 16.0 Å². The molecule has 0 fully saturated rings. The number of carbonyl (C=O) groups is 1. The Kier molecular flexibility index (Phi) is 2.79. The Morgan fingerprint density at radius 2 is 2.31 bits per heavy atom. The fourth-order valence-corrected chi connectivity index (χ4v) is 1.38. The zero-order chi connectivity index (χ0) is 11.4. The van der Waals surface area contributed by atoms with E-state index >= 15 is 0 Å². The van der Waals surface area contributed by atoms with Gasteiger partial charge in [0, 0.05) is 6.20 Å². The Morgan fingerprint density at radius 1 is 1.44 bits per heavy atom. The van der Waals surface area contributed by atoms with E-state index in [4.69, 9.17) is 6.42 Å². The standard InChI is InChI=1S/C12H9N3O/c1-2-7-15-10(9-16)8-12(14-15)11-5-3-4-6-13-11/h1,3-6,8-9H,7H2. The monoisotopic (exact) mass is 211 g/mol. The summed E-state index contributed by atoms with van der Waals surface area (Å²) in [5.41, 5.74) is 1.83. The molecule has 4 nitrogen and oxygen atoms in total. The first-order valence-electron chi connectivity index (χ1n) is 4.73. The lowest BCUT2D eigenvalue weighted by molar-refractivity contribution is 0.111. The number of carbonyl (C=O) groups excluding carboxylic acids is 1. The topological polar surface area (TPSA) is 47.8 Å². The molecule has 0 atom stereocenters. The smallest absolute Gasteiger partial charge is 0.168 e. The molecule has 0 saturated carbocycles. The van der Waals surface area contributed by atoms with Crippen molar-refractivity contribution in [2.75, 3.05) is 0 Å². The average molecular weight is 211 g/mol. The maximum absolute atomic E-state index is 10.8. The molecular weight excluding hydrogens is 202 g/mol. The third kappa shape index (κ3) is 1.84. The van der Waals surface area contributed by atoms with E-state index in [1.54, 1.807) is 12.3 Å². The first kappa shape index (κ1) is 10.1. The van der Waals surface area contributed by atoms with E-state index in [0.29, 0.717) is 11.4 Å². The highest BCUT2D eigenvalue weighted by molar-refractivity contribution is 5.75. The maximum atomic E-state index is 10.8. The molecule has 2 rings (SSSR count). The van der Waals surface area contributed by atoms with Crippen LogP contribution in [0, 0.1) is 12.3 Å². The van der Waals surface area contributed by atoms with Gasteiger partial charge >= 0.3 is 0 Å². The van der Waals surface area contributed by atoms with Gasteiger partial charge in [-0.15, -0.1) is 6.42 Å². The fraction of sp³-hybridized carbons (Fsp3) is 0.0833. The largest absolute Gasteiger partial charge is 0.296 e. The third-order valence-corrected chi connectivity index (χ3v) is 2.10. The van der Waals surface area contributed by atoms with Crippen LogP contribution in [0.15, 0.2) is 30.5 Å². The molecule has 0 saturated heterocycles. The minimum Gasteiger partial charge on any atom is -0.296 e. The zero-order valence-electron chi connectivity index (χ0n) is 8.50. The number of nitrogens with zero attached hydrogens (tertiary/aromatic N) is 3. The van der Waals surface area contributed by atoms with E-state index in [0.717, 1.165) is 12.0 Å². The fourth-order valence-electron chi connectivity index (χ4n) is 1.38. The summed E-state index contributed by atoms with van der Waals surface area (Å²) in [7, 11) is 0.